The molecule has 0 fully saturated rings. The van der Waals surface area contributed by atoms with Crippen molar-refractivity contribution in [1.29, 1.82) is 0 Å². The summed E-state index contributed by atoms with van der Waals surface area (Å²) >= 11 is 6.14. The molecule has 0 aliphatic carbocycles. The van der Waals surface area contributed by atoms with Crippen molar-refractivity contribution in [1.82, 2.24) is 0 Å². The van der Waals surface area contributed by atoms with Gasteiger partial charge in [-0.3, -0.25) is 0 Å². The molecule has 0 atom stereocenters. The Labute approximate surface area is 113 Å². The fraction of sp³-hybridized carbons (Fsp3) is 0.250. The van der Waals surface area contributed by atoms with Crippen LogP contribution in [0.25, 0.3) is 11.1 Å². The molecule has 2 rings (SSSR count). The second kappa shape index (κ2) is 4.66. The Bertz CT molecular complexity index is 615. The van der Waals surface area contributed by atoms with Gasteiger partial charge in [0.15, 0.2) is 0 Å². The lowest BCUT2D eigenvalue weighted by Gasteiger charge is -2.15. The first kappa shape index (κ1) is 13.0. The maximum Gasteiger partial charge on any atom is 0.142 e. The van der Waals surface area contributed by atoms with Gasteiger partial charge in [-0.05, 0) is 49.9 Å². The third kappa shape index (κ3) is 2.11. The number of benzene rings is 2. The smallest absolute Gasteiger partial charge is 0.142 e. The van der Waals surface area contributed by atoms with Crippen LogP contribution in [-0.4, -0.2) is 5.11 Å². The predicted octanol–water partition coefficient (Wildman–Crippen LogP) is 4.95. The number of aromatic hydroxyl groups is 1. The average Bonchev–Trinajstić information content (AvgIpc) is 2.29. The maximum absolute atomic E-state index is 10.3. The van der Waals surface area contributed by atoms with Crippen LogP contribution >= 0.6 is 11.6 Å². The minimum atomic E-state index is 0.182. The number of halogens is 1. The van der Waals surface area contributed by atoms with Crippen LogP contribution in [0.2, 0.25) is 5.02 Å². The van der Waals surface area contributed by atoms with Crippen LogP contribution in [0.3, 0.4) is 0 Å². The summed E-state index contributed by atoms with van der Waals surface area (Å²) in [5.41, 5.74) is 6.18. The molecule has 0 bridgehead atoms. The second-order valence-corrected chi connectivity index (χ2v) is 5.24. The molecule has 2 aromatic rings. The monoisotopic (exact) mass is 260 g/mol. The predicted molar refractivity (Wildman–Crippen MR) is 77.5 cm³/mol. The van der Waals surface area contributed by atoms with E-state index >= 15 is 0 Å². The van der Waals surface area contributed by atoms with Gasteiger partial charge in [0.25, 0.3) is 0 Å². The lowest BCUT2D eigenvalue weighted by atomic mass is 9.93. The summed E-state index contributed by atoms with van der Waals surface area (Å²) in [7, 11) is 0. The molecule has 2 aromatic carbocycles. The van der Waals surface area contributed by atoms with E-state index < -0.39 is 0 Å². The van der Waals surface area contributed by atoms with E-state index in [1.54, 1.807) is 0 Å². The average molecular weight is 261 g/mol. The summed E-state index contributed by atoms with van der Waals surface area (Å²) in [6.07, 6.45) is 0. The van der Waals surface area contributed by atoms with E-state index in [4.69, 9.17) is 11.6 Å². The molecule has 0 amide bonds. The van der Waals surface area contributed by atoms with Gasteiger partial charge in [0.1, 0.15) is 5.75 Å². The van der Waals surface area contributed by atoms with Crippen molar-refractivity contribution < 1.29 is 5.11 Å². The topological polar surface area (TPSA) is 20.2 Å². The van der Waals surface area contributed by atoms with E-state index in [1.807, 2.05) is 26.0 Å². The Morgan fingerprint density at radius 2 is 1.56 bits per heavy atom. The van der Waals surface area contributed by atoms with Gasteiger partial charge in [0.2, 0.25) is 0 Å². The molecule has 0 radical (unpaired) electrons. The third-order valence-corrected chi connectivity index (χ3v) is 3.75. The van der Waals surface area contributed by atoms with E-state index in [-0.39, 0.29) is 5.75 Å². The normalized spacial score (nSPS) is 10.7. The molecular formula is C16H17ClO. The van der Waals surface area contributed by atoms with Crippen LogP contribution in [0.5, 0.6) is 5.75 Å². The Morgan fingerprint density at radius 1 is 0.889 bits per heavy atom. The molecule has 0 heterocycles. The number of rotatable bonds is 1. The zero-order chi connectivity index (χ0) is 13.4. The second-order valence-electron chi connectivity index (χ2n) is 4.87. The fourth-order valence-electron chi connectivity index (χ4n) is 2.38. The van der Waals surface area contributed by atoms with Crippen molar-refractivity contribution in [2.45, 2.75) is 27.7 Å². The van der Waals surface area contributed by atoms with Gasteiger partial charge in [0, 0.05) is 5.56 Å². The quantitative estimate of drug-likeness (QED) is 0.769. The summed E-state index contributed by atoms with van der Waals surface area (Å²) < 4.78 is 0. The van der Waals surface area contributed by atoms with Gasteiger partial charge in [-0.1, -0.05) is 41.4 Å². The molecule has 0 aliphatic rings. The molecule has 0 saturated heterocycles. The highest BCUT2D eigenvalue weighted by atomic mass is 35.5. The molecule has 0 spiro atoms. The van der Waals surface area contributed by atoms with Crippen LogP contribution in [-0.2, 0) is 0 Å². The van der Waals surface area contributed by atoms with Crippen LogP contribution in [0.4, 0.5) is 0 Å². The van der Waals surface area contributed by atoms with Gasteiger partial charge in [-0.25, -0.2) is 0 Å². The molecule has 0 aliphatic heterocycles. The van der Waals surface area contributed by atoms with Gasteiger partial charge < -0.3 is 5.11 Å². The minimum Gasteiger partial charge on any atom is -0.506 e. The van der Waals surface area contributed by atoms with Gasteiger partial charge in [-0.2, -0.15) is 0 Å². The Kier molecular flexibility index (Phi) is 3.36. The fourth-order valence-corrected chi connectivity index (χ4v) is 2.53. The largest absolute Gasteiger partial charge is 0.506 e. The van der Waals surface area contributed by atoms with E-state index in [0.717, 1.165) is 27.8 Å². The molecule has 1 N–H and O–H groups in total. The molecular weight excluding hydrogens is 244 g/mol. The number of hydrogen-bond donors (Lipinski definition) is 1. The first-order valence-electron chi connectivity index (χ1n) is 5.98. The van der Waals surface area contributed by atoms with Gasteiger partial charge in [0.05, 0.1) is 5.02 Å². The number of hydrogen-bond acceptors (Lipinski definition) is 1. The zero-order valence-electron chi connectivity index (χ0n) is 11.1. The van der Waals surface area contributed by atoms with Crippen molar-refractivity contribution in [3.63, 3.8) is 0 Å². The van der Waals surface area contributed by atoms with E-state index in [0.29, 0.717) is 5.02 Å². The van der Waals surface area contributed by atoms with Crippen molar-refractivity contribution in [3.8, 4) is 16.9 Å². The van der Waals surface area contributed by atoms with E-state index in [9.17, 15) is 5.11 Å². The lowest BCUT2D eigenvalue weighted by molar-refractivity contribution is 0.476. The Morgan fingerprint density at radius 3 is 2.17 bits per heavy atom. The van der Waals surface area contributed by atoms with Crippen molar-refractivity contribution in [2.75, 3.05) is 0 Å². The number of phenols is 1. The van der Waals surface area contributed by atoms with Crippen molar-refractivity contribution >= 4 is 11.6 Å². The maximum atomic E-state index is 10.3. The molecule has 0 unspecified atom stereocenters. The minimum absolute atomic E-state index is 0.182. The number of phenolic OH excluding ortho intramolecular Hbond substituents is 1. The molecule has 18 heavy (non-hydrogen) atoms. The molecule has 1 nitrogen and oxygen atoms in total. The highest BCUT2D eigenvalue weighted by molar-refractivity contribution is 6.33. The first-order chi connectivity index (χ1) is 8.41. The summed E-state index contributed by atoms with van der Waals surface area (Å²) in [6, 6.07) is 8.21. The number of aryl methyl sites for hydroxylation is 4. The molecule has 2 heteroatoms. The summed E-state index contributed by atoms with van der Waals surface area (Å²) in [5, 5.41) is 10.7. The van der Waals surface area contributed by atoms with Gasteiger partial charge >= 0.3 is 0 Å². The van der Waals surface area contributed by atoms with Crippen LogP contribution < -0.4 is 0 Å². The SMILES string of the molecule is Cc1ccc(-c2c(C)cc(C)c(Cl)c2O)c(C)c1. The zero-order valence-corrected chi connectivity index (χ0v) is 11.9. The summed E-state index contributed by atoms with van der Waals surface area (Å²) in [6.45, 7) is 8.01. The van der Waals surface area contributed by atoms with Crippen molar-refractivity contribution in [3.05, 3.63) is 51.5 Å². The Balaban J connectivity index is 2.75. The van der Waals surface area contributed by atoms with Crippen LogP contribution in [0, 0.1) is 27.7 Å². The molecule has 0 saturated carbocycles. The molecule has 0 aromatic heterocycles. The first-order valence-corrected chi connectivity index (χ1v) is 6.36. The Hall–Kier alpha value is -1.47. The highest BCUT2D eigenvalue weighted by Crippen LogP contribution is 2.41. The van der Waals surface area contributed by atoms with Crippen molar-refractivity contribution in [2.24, 2.45) is 0 Å². The van der Waals surface area contributed by atoms with E-state index in [1.165, 1.54) is 5.56 Å². The molecule has 94 valence electrons. The lowest BCUT2D eigenvalue weighted by Crippen LogP contribution is -1.91. The third-order valence-electron chi connectivity index (χ3n) is 3.27. The highest BCUT2D eigenvalue weighted by Gasteiger charge is 2.15. The summed E-state index contributed by atoms with van der Waals surface area (Å²) in [5.74, 6) is 0.182. The summed E-state index contributed by atoms with van der Waals surface area (Å²) in [4.78, 5) is 0. The van der Waals surface area contributed by atoms with Crippen LogP contribution in [0.1, 0.15) is 22.3 Å². The standard InChI is InChI=1S/C16H17ClO/c1-9-5-6-13(10(2)7-9)14-11(3)8-12(4)15(17)16(14)18/h5-8,18H,1-4H3. The van der Waals surface area contributed by atoms with E-state index in [2.05, 4.69) is 26.0 Å². The van der Waals surface area contributed by atoms with Gasteiger partial charge in [-0.15, -0.1) is 0 Å². The van der Waals surface area contributed by atoms with Crippen LogP contribution in [0.15, 0.2) is 24.3 Å².